The first-order valence-corrected chi connectivity index (χ1v) is 9.72. The second-order valence-corrected chi connectivity index (χ2v) is 8.93. The molecule has 0 saturated carbocycles. The molecule has 0 aliphatic rings. The summed E-state index contributed by atoms with van der Waals surface area (Å²) >= 11 is 1.21. The smallest absolute Gasteiger partial charge is 0.249 e. The number of rotatable bonds is 7. The van der Waals surface area contributed by atoms with Crippen molar-refractivity contribution in [3.8, 4) is 0 Å². The third-order valence-electron chi connectivity index (χ3n) is 3.15. The molecule has 132 valence electrons. The second kappa shape index (κ2) is 7.41. The van der Waals surface area contributed by atoms with Gasteiger partial charge in [0, 0.05) is 24.9 Å². The van der Waals surface area contributed by atoms with Gasteiger partial charge in [-0.2, -0.15) is 15.0 Å². The Kier molecular flexibility index (Phi) is 5.73. The van der Waals surface area contributed by atoms with E-state index < -0.39 is 10.0 Å². The van der Waals surface area contributed by atoms with E-state index in [1.807, 2.05) is 32.8 Å². The van der Waals surface area contributed by atoms with Gasteiger partial charge in [0.2, 0.25) is 21.9 Å². The van der Waals surface area contributed by atoms with Gasteiger partial charge in [0.05, 0.1) is 6.54 Å². The molecule has 0 spiro atoms. The second-order valence-electron chi connectivity index (χ2n) is 5.65. The van der Waals surface area contributed by atoms with E-state index in [2.05, 4.69) is 25.0 Å². The van der Waals surface area contributed by atoms with Crippen LogP contribution in [0.25, 0.3) is 0 Å². The Labute approximate surface area is 146 Å². The molecule has 2 aromatic heterocycles. The van der Waals surface area contributed by atoms with Crippen LogP contribution in [-0.2, 0) is 16.6 Å². The van der Waals surface area contributed by atoms with Crippen molar-refractivity contribution in [3.63, 3.8) is 0 Å². The van der Waals surface area contributed by atoms with Crippen LogP contribution in [0.5, 0.6) is 0 Å². The first-order chi connectivity index (χ1) is 11.2. The first-order valence-electron chi connectivity index (χ1n) is 7.42. The molecular formula is C14H22N6O2S2. The Bertz CT molecular complexity index is 775. The van der Waals surface area contributed by atoms with Gasteiger partial charge in [-0.3, -0.25) is 0 Å². The lowest BCUT2D eigenvalue weighted by Crippen LogP contribution is -2.17. The van der Waals surface area contributed by atoms with Crippen molar-refractivity contribution in [1.29, 1.82) is 0 Å². The zero-order chi connectivity index (χ0) is 17.9. The van der Waals surface area contributed by atoms with E-state index in [-0.39, 0.29) is 10.1 Å². The molecule has 8 nitrogen and oxygen atoms in total. The summed E-state index contributed by atoms with van der Waals surface area (Å²) in [6.45, 7) is 4.48. The maximum Gasteiger partial charge on any atom is 0.249 e. The lowest BCUT2D eigenvalue weighted by atomic mass is 10.2. The van der Waals surface area contributed by atoms with Crippen LogP contribution in [-0.4, -0.2) is 44.5 Å². The van der Waals surface area contributed by atoms with Crippen LogP contribution in [0.1, 0.15) is 30.5 Å². The van der Waals surface area contributed by atoms with Gasteiger partial charge >= 0.3 is 0 Å². The van der Waals surface area contributed by atoms with E-state index in [0.29, 0.717) is 24.3 Å². The van der Waals surface area contributed by atoms with Gasteiger partial charge in [0.25, 0.3) is 0 Å². The van der Waals surface area contributed by atoms with Crippen molar-refractivity contribution in [2.24, 2.45) is 0 Å². The Hall–Kier alpha value is -1.78. The Balaban J connectivity index is 2.17. The summed E-state index contributed by atoms with van der Waals surface area (Å²) in [5.41, 5.74) is 0. The number of hydrogen-bond donors (Lipinski definition) is 2. The highest BCUT2D eigenvalue weighted by atomic mass is 32.2. The highest BCUT2D eigenvalue weighted by molar-refractivity contribution is 7.91. The molecule has 0 fully saturated rings. The monoisotopic (exact) mass is 370 g/mol. The first kappa shape index (κ1) is 18.6. The molecule has 0 saturated heterocycles. The van der Waals surface area contributed by atoms with Crippen molar-refractivity contribution in [2.45, 2.75) is 30.5 Å². The molecule has 0 aromatic carbocycles. The molecule has 0 unspecified atom stereocenters. The van der Waals surface area contributed by atoms with Crippen LogP contribution in [0.2, 0.25) is 0 Å². The number of hydrogen-bond acceptors (Lipinski definition) is 8. The molecule has 2 N–H and O–H groups in total. The molecule has 2 rings (SSSR count). The fourth-order valence-electron chi connectivity index (χ4n) is 1.78. The minimum atomic E-state index is -3.40. The average Bonchev–Trinajstić information content (AvgIpc) is 3.02. The van der Waals surface area contributed by atoms with E-state index in [1.165, 1.54) is 18.4 Å². The molecule has 2 heterocycles. The number of thiophene rings is 1. The summed E-state index contributed by atoms with van der Waals surface area (Å²) in [4.78, 5) is 15.9. The molecule has 10 heteroatoms. The molecule has 0 bridgehead atoms. The highest BCUT2D eigenvalue weighted by Gasteiger charge is 2.15. The zero-order valence-corrected chi connectivity index (χ0v) is 16.0. The number of anilines is 2. The fraction of sp³-hybridized carbons (Fsp3) is 0.500. The summed E-state index contributed by atoms with van der Waals surface area (Å²) in [7, 11) is 1.74. The van der Waals surface area contributed by atoms with Crippen LogP contribution in [0.4, 0.5) is 11.9 Å². The number of sulfonamides is 1. The quantitative estimate of drug-likeness (QED) is 0.764. The number of nitrogens with one attached hydrogen (secondary N) is 2. The predicted octanol–water partition coefficient (Wildman–Crippen LogP) is 1.64. The molecule has 0 radical (unpaired) electrons. The van der Waals surface area contributed by atoms with E-state index >= 15 is 0 Å². The van der Waals surface area contributed by atoms with Crippen molar-refractivity contribution >= 4 is 33.3 Å². The molecule has 0 amide bonds. The lowest BCUT2D eigenvalue weighted by molar-refractivity contribution is 0.590. The van der Waals surface area contributed by atoms with Crippen molar-refractivity contribution < 1.29 is 8.42 Å². The highest BCUT2D eigenvalue weighted by Crippen LogP contribution is 2.22. The maximum absolute atomic E-state index is 11.8. The molecular weight excluding hydrogens is 348 g/mol. The van der Waals surface area contributed by atoms with Crippen LogP contribution in [0.3, 0.4) is 0 Å². The normalized spacial score (nSPS) is 11.8. The molecule has 24 heavy (non-hydrogen) atoms. The molecule has 0 atom stereocenters. The van der Waals surface area contributed by atoms with Gasteiger partial charge in [-0.1, -0.05) is 13.8 Å². The largest absolute Gasteiger partial charge is 0.349 e. The molecule has 0 aliphatic heterocycles. The van der Waals surface area contributed by atoms with Gasteiger partial charge in [0.1, 0.15) is 10.0 Å². The van der Waals surface area contributed by atoms with Gasteiger partial charge < -0.3 is 10.2 Å². The summed E-state index contributed by atoms with van der Waals surface area (Å²) in [5.74, 6) is 1.95. The maximum atomic E-state index is 11.8. The summed E-state index contributed by atoms with van der Waals surface area (Å²) < 4.78 is 26.1. The van der Waals surface area contributed by atoms with Crippen molar-refractivity contribution in [2.75, 3.05) is 31.4 Å². The SMILES string of the molecule is CNS(=O)(=O)c1ccc(CNc2nc(C(C)C)nc(N(C)C)n2)s1. The number of nitrogens with zero attached hydrogens (tertiary/aromatic N) is 4. The van der Waals surface area contributed by atoms with Crippen molar-refractivity contribution in [1.82, 2.24) is 19.7 Å². The van der Waals surface area contributed by atoms with Gasteiger partial charge in [-0.05, 0) is 19.2 Å². The fourth-order valence-corrected chi connectivity index (χ4v) is 3.92. The van der Waals surface area contributed by atoms with Gasteiger partial charge in [-0.25, -0.2) is 13.1 Å². The lowest BCUT2D eigenvalue weighted by Gasteiger charge is -2.14. The predicted molar refractivity (Wildman–Crippen MR) is 96.1 cm³/mol. The number of aromatic nitrogens is 3. The zero-order valence-electron chi connectivity index (χ0n) is 14.4. The summed E-state index contributed by atoms with van der Waals surface area (Å²) in [6.07, 6.45) is 0. The van der Waals surface area contributed by atoms with Crippen LogP contribution >= 0.6 is 11.3 Å². The van der Waals surface area contributed by atoms with Crippen LogP contribution in [0.15, 0.2) is 16.3 Å². The van der Waals surface area contributed by atoms with E-state index in [0.717, 1.165) is 4.88 Å². The topological polar surface area (TPSA) is 100 Å². The third kappa shape index (κ3) is 4.40. The van der Waals surface area contributed by atoms with E-state index in [1.54, 1.807) is 12.1 Å². The Morgan fingerprint density at radius 3 is 2.50 bits per heavy atom. The van der Waals surface area contributed by atoms with Crippen LogP contribution in [0, 0.1) is 0 Å². The minimum Gasteiger partial charge on any atom is -0.349 e. The standard InChI is InChI=1S/C14H22N6O2S2/c1-9(2)12-17-13(19-14(18-12)20(4)5)16-8-10-6-7-11(23-10)24(21,22)15-3/h6-7,9,15H,8H2,1-5H3,(H,16,17,18,19). The Morgan fingerprint density at radius 1 is 1.21 bits per heavy atom. The summed E-state index contributed by atoms with van der Waals surface area (Å²) in [6, 6.07) is 3.37. The Morgan fingerprint density at radius 2 is 1.92 bits per heavy atom. The van der Waals surface area contributed by atoms with E-state index in [4.69, 9.17) is 0 Å². The minimum absolute atomic E-state index is 0.182. The summed E-state index contributed by atoms with van der Waals surface area (Å²) in [5, 5.41) is 3.14. The van der Waals surface area contributed by atoms with Crippen molar-refractivity contribution in [3.05, 3.63) is 22.8 Å². The third-order valence-corrected chi connectivity index (χ3v) is 6.14. The van der Waals surface area contributed by atoms with Crippen LogP contribution < -0.4 is 14.9 Å². The van der Waals surface area contributed by atoms with Gasteiger partial charge in [-0.15, -0.1) is 11.3 Å². The van der Waals surface area contributed by atoms with E-state index in [9.17, 15) is 8.42 Å². The molecule has 0 aliphatic carbocycles. The molecule has 2 aromatic rings. The average molecular weight is 371 g/mol. The van der Waals surface area contributed by atoms with Gasteiger partial charge in [0.15, 0.2) is 0 Å².